The molecule has 1 spiro atoms. The molecule has 0 bridgehead atoms. The lowest BCUT2D eigenvalue weighted by Gasteiger charge is -2.45. The van der Waals surface area contributed by atoms with Crippen LogP contribution in [-0.4, -0.2) is 35.0 Å². The lowest BCUT2D eigenvalue weighted by atomic mass is 9.69. The summed E-state index contributed by atoms with van der Waals surface area (Å²) in [5, 5.41) is 9.40. The molecule has 86 valence electrons. The molecule has 2 saturated heterocycles. The largest absolute Gasteiger partial charge is 0.393 e. The summed E-state index contributed by atoms with van der Waals surface area (Å²) >= 11 is 0. The standard InChI is InChI=1S/C11H18O4/c1-6-8-9(14-10(2,3)13-8)15-11(6)4-7(12)5-11/h6-9,12H,4-5H2,1-3H3/t6-,7?,8-,9+,11?/m1/s1. The average Bonchev–Trinajstić information content (AvgIpc) is 2.46. The Morgan fingerprint density at radius 2 is 1.80 bits per heavy atom. The van der Waals surface area contributed by atoms with Gasteiger partial charge in [0.25, 0.3) is 0 Å². The first-order valence-electron chi connectivity index (χ1n) is 5.63. The molecule has 0 aromatic rings. The second-order valence-electron chi connectivity index (χ2n) is 5.50. The first-order valence-corrected chi connectivity index (χ1v) is 5.63. The topological polar surface area (TPSA) is 47.9 Å². The zero-order chi connectivity index (χ0) is 10.8. The lowest BCUT2D eigenvalue weighted by Crippen LogP contribution is -2.52. The Labute approximate surface area is 89.5 Å². The molecule has 4 nitrogen and oxygen atoms in total. The van der Waals surface area contributed by atoms with Gasteiger partial charge >= 0.3 is 0 Å². The Bertz CT molecular complexity index is 282. The maximum Gasteiger partial charge on any atom is 0.188 e. The number of aliphatic hydroxyl groups excluding tert-OH is 1. The number of hydrogen-bond acceptors (Lipinski definition) is 4. The molecule has 1 aliphatic carbocycles. The minimum Gasteiger partial charge on any atom is -0.393 e. The maximum absolute atomic E-state index is 9.40. The van der Waals surface area contributed by atoms with Crippen LogP contribution in [0.1, 0.15) is 33.6 Å². The fourth-order valence-electron chi connectivity index (χ4n) is 3.03. The van der Waals surface area contributed by atoms with Crippen molar-refractivity contribution in [3.05, 3.63) is 0 Å². The van der Waals surface area contributed by atoms with Gasteiger partial charge in [0.2, 0.25) is 0 Å². The predicted molar refractivity (Wildman–Crippen MR) is 52.0 cm³/mol. The first kappa shape index (κ1) is 10.0. The summed E-state index contributed by atoms with van der Waals surface area (Å²) in [6, 6.07) is 0. The molecule has 0 aromatic heterocycles. The quantitative estimate of drug-likeness (QED) is 0.654. The summed E-state index contributed by atoms with van der Waals surface area (Å²) < 4.78 is 17.4. The van der Waals surface area contributed by atoms with Crippen molar-refractivity contribution in [1.29, 1.82) is 0 Å². The van der Waals surface area contributed by atoms with Crippen molar-refractivity contribution in [1.82, 2.24) is 0 Å². The van der Waals surface area contributed by atoms with E-state index < -0.39 is 5.79 Å². The van der Waals surface area contributed by atoms with Gasteiger partial charge in [-0.3, -0.25) is 0 Å². The summed E-state index contributed by atoms with van der Waals surface area (Å²) in [4.78, 5) is 0. The van der Waals surface area contributed by atoms with Crippen LogP contribution in [-0.2, 0) is 14.2 Å². The van der Waals surface area contributed by atoms with E-state index in [1.165, 1.54) is 0 Å². The van der Waals surface area contributed by atoms with Crippen LogP contribution < -0.4 is 0 Å². The summed E-state index contributed by atoms with van der Waals surface area (Å²) in [7, 11) is 0. The van der Waals surface area contributed by atoms with E-state index in [1.54, 1.807) is 0 Å². The smallest absolute Gasteiger partial charge is 0.188 e. The zero-order valence-electron chi connectivity index (χ0n) is 9.40. The molecule has 1 N–H and O–H groups in total. The predicted octanol–water partition coefficient (Wildman–Crippen LogP) is 1.02. The molecule has 0 radical (unpaired) electrons. The molecular formula is C11H18O4. The minimum absolute atomic E-state index is 0.0208. The molecule has 4 heteroatoms. The summed E-state index contributed by atoms with van der Waals surface area (Å²) in [5.74, 6) is -0.235. The van der Waals surface area contributed by atoms with Gasteiger partial charge in [0.05, 0.1) is 11.7 Å². The highest BCUT2D eigenvalue weighted by Gasteiger charge is 2.63. The van der Waals surface area contributed by atoms with Gasteiger partial charge in [-0.1, -0.05) is 6.92 Å². The van der Waals surface area contributed by atoms with Crippen molar-refractivity contribution in [2.24, 2.45) is 5.92 Å². The average molecular weight is 214 g/mol. The number of aliphatic hydroxyl groups is 1. The molecule has 2 aliphatic heterocycles. The van der Waals surface area contributed by atoms with Crippen molar-refractivity contribution < 1.29 is 19.3 Å². The van der Waals surface area contributed by atoms with Gasteiger partial charge < -0.3 is 19.3 Å². The summed E-state index contributed by atoms with van der Waals surface area (Å²) in [6.07, 6.45) is 0.997. The van der Waals surface area contributed by atoms with Gasteiger partial charge in [-0.05, 0) is 13.8 Å². The van der Waals surface area contributed by atoms with Gasteiger partial charge in [0.15, 0.2) is 12.1 Å². The van der Waals surface area contributed by atoms with Gasteiger partial charge in [-0.25, -0.2) is 0 Å². The third kappa shape index (κ3) is 1.29. The number of rotatable bonds is 0. The molecule has 3 rings (SSSR count). The fourth-order valence-corrected chi connectivity index (χ4v) is 3.03. The van der Waals surface area contributed by atoms with Gasteiger partial charge in [0, 0.05) is 18.8 Å². The fraction of sp³-hybridized carbons (Fsp3) is 1.00. The third-order valence-electron chi connectivity index (χ3n) is 3.92. The minimum atomic E-state index is -0.534. The third-order valence-corrected chi connectivity index (χ3v) is 3.92. The Morgan fingerprint density at radius 3 is 2.33 bits per heavy atom. The van der Waals surface area contributed by atoms with E-state index in [-0.39, 0.29) is 24.1 Å². The second-order valence-corrected chi connectivity index (χ2v) is 5.50. The first-order chi connectivity index (χ1) is 6.92. The molecule has 1 saturated carbocycles. The molecule has 0 unspecified atom stereocenters. The molecule has 3 fully saturated rings. The molecular weight excluding hydrogens is 196 g/mol. The van der Waals surface area contributed by atoms with Crippen LogP contribution in [0.25, 0.3) is 0 Å². The van der Waals surface area contributed by atoms with Crippen LogP contribution in [0.15, 0.2) is 0 Å². The van der Waals surface area contributed by atoms with E-state index in [9.17, 15) is 5.11 Å². The number of fused-ring (bicyclic) bond motifs is 1. The Balaban J connectivity index is 1.77. The van der Waals surface area contributed by atoms with E-state index >= 15 is 0 Å². The van der Waals surface area contributed by atoms with Crippen LogP contribution in [0.2, 0.25) is 0 Å². The van der Waals surface area contributed by atoms with Gasteiger partial charge in [-0.2, -0.15) is 0 Å². The van der Waals surface area contributed by atoms with Crippen LogP contribution in [0.5, 0.6) is 0 Å². The normalized spacial score (nSPS) is 56.8. The highest BCUT2D eigenvalue weighted by atomic mass is 16.8. The van der Waals surface area contributed by atoms with E-state index in [0.29, 0.717) is 18.8 Å². The van der Waals surface area contributed by atoms with Crippen LogP contribution in [0.3, 0.4) is 0 Å². The Morgan fingerprint density at radius 1 is 1.13 bits per heavy atom. The van der Waals surface area contributed by atoms with E-state index in [0.717, 1.165) is 0 Å². The van der Waals surface area contributed by atoms with E-state index in [4.69, 9.17) is 14.2 Å². The maximum atomic E-state index is 9.40. The summed E-state index contributed by atoms with van der Waals surface area (Å²) in [6.45, 7) is 5.94. The molecule has 3 atom stereocenters. The van der Waals surface area contributed by atoms with E-state index in [1.807, 2.05) is 13.8 Å². The Hall–Kier alpha value is -0.160. The number of hydrogen-bond donors (Lipinski definition) is 1. The molecule has 0 amide bonds. The highest BCUT2D eigenvalue weighted by molar-refractivity contribution is 5.08. The van der Waals surface area contributed by atoms with E-state index in [2.05, 4.69) is 6.92 Å². The van der Waals surface area contributed by atoms with Crippen molar-refractivity contribution in [3.8, 4) is 0 Å². The van der Waals surface area contributed by atoms with Gasteiger partial charge in [0.1, 0.15) is 6.10 Å². The Kier molecular flexibility index (Phi) is 1.83. The SMILES string of the molecule is C[C@@H]1[C@H]2OC(C)(C)O[C@H]2OC12CC(O)C2. The van der Waals surface area contributed by atoms with Crippen LogP contribution in [0, 0.1) is 5.92 Å². The lowest BCUT2D eigenvalue weighted by molar-refractivity contribution is -0.260. The van der Waals surface area contributed by atoms with Crippen LogP contribution in [0.4, 0.5) is 0 Å². The van der Waals surface area contributed by atoms with Gasteiger partial charge in [-0.15, -0.1) is 0 Å². The molecule has 3 aliphatic rings. The number of ether oxygens (including phenoxy) is 3. The highest BCUT2D eigenvalue weighted by Crippen LogP contribution is 2.54. The second kappa shape index (κ2) is 2.74. The monoisotopic (exact) mass is 214 g/mol. The van der Waals surface area contributed by atoms with Crippen molar-refractivity contribution >= 4 is 0 Å². The molecule has 2 heterocycles. The molecule has 0 aromatic carbocycles. The summed E-state index contributed by atoms with van der Waals surface area (Å²) in [5.41, 5.74) is -0.189. The van der Waals surface area contributed by atoms with Crippen molar-refractivity contribution in [3.63, 3.8) is 0 Å². The molecule has 15 heavy (non-hydrogen) atoms. The van der Waals surface area contributed by atoms with Crippen molar-refractivity contribution in [2.45, 2.75) is 63.5 Å². The van der Waals surface area contributed by atoms with Crippen LogP contribution >= 0.6 is 0 Å². The van der Waals surface area contributed by atoms with Crippen molar-refractivity contribution in [2.75, 3.05) is 0 Å². The zero-order valence-corrected chi connectivity index (χ0v) is 9.40.